The van der Waals surface area contributed by atoms with Crippen LogP contribution in [-0.4, -0.2) is 17.9 Å². The van der Waals surface area contributed by atoms with Gasteiger partial charge in [0.2, 0.25) is 0 Å². The van der Waals surface area contributed by atoms with Crippen LogP contribution in [0.3, 0.4) is 0 Å². The average molecular weight is 534 g/mol. The van der Waals surface area contributed by atoms with Gasteiger partial charge >= 0.3 is 0 Å². The minimum Gasteiger partial charge on any atom is -0.385 e. The maximum absolute atomic E-state index is 12.1. The minimum atomic E-state index is -0.171. The molecule has 1 fully saturated rings. The Morgan fingerprint density at radius 1 is 1.13 bits per heavy atom. The van der Waals surface area contributed by atoms with Crippen LogP contribution in [-0.2, 0) is 6.16 Å². The largest absolute Gasteiger partial charge is 0.385 e. The fourth-order valence-electron chi connectivity index (χ4n) is 5.11. The standard InChI is InChI=1S/C26H36NP.C7H7F.C2H6/c1-7-21-15-24-13-14-28(26(24,6)16-22(21)8-2)18-23-11-9-10-12-25(23)20(5)27-17-19(3)4;1-6-2-4-7(8)5-3-6;1-2/h8-12,15,19,27H,2,5,7,13-14,16-18H2,1,3-4,6H3;2-5H,1H3;1-2H3. The molecule has 1 aliphatic carbocycles. The average Bonchev–Trinajstić information content (AvgIpc) is 3.24. The summed E-state index contributed by atoms with van der Waals surface area (Å²) >= 11 is 0. The quantitative estimate of drug-likeness (QED) is 0.333. The van der Waals surface area contributed by atoms with Gasteiger partial charge in [0, 0.05) is 23.0 Å². The maximum atomic E-state index is 12.1. The number of fused-ring (bicyclic) bond motifs is 1. The fourth-order valence-corrected chi connectivity index (χ4v) is 8.29. The number of nitrogens with one attached hydrogen (secondary N) is 1. The lowest BCUT2D eigenvalue weighted by molar-refractivity contribution is 0.618. The lowest BCUT2D eigenvalue weighted by atomic mass is 9.82. The molecule has 2 aromatic carbocycles. The van der Waals surface area contributed by atoms with Crippen molar-refractivity contribution < 1.29 is 4.39 Å². The highest BCUT2D eigenvalue weighted by Gasteiger charge is 2.44. The molecule has 0 bridgehead atoms. The molecule has 1 N–H and O–H groups in total. The third-order valence-electron chi connectivity index (χ3n) is 7.40. The van der Waals surface area contributed by atoms with E-state index in [2.05, 4.69) is 82.6 Å². The van der Waals surface area contributed by atoms with Crippen molar-refractivity contribution in [1.82, 2.24) is 5.32 Å². The third-order valence-corrected chi connectivity index (χ3v) is 10.7. The highest BCUT2D eigenvalue weighted by molar-refractivity contribution is 7.59. The van der Waals surface area contributed by atoms with Gasteiger partial charge in [-0.25, -0.2) is 4.39 Å². The molecule has 1 aliphatic heterocycles. The van der Waals surface area contributed by atoms with Crippen LogP contribution in [0, 0.1) is 18.7 Å². The molecule has 1 heterocycles. The zero-order valence-corrected chi connectivity index (χ0v) is 25.7. The highest BCUT2D eigenvalue weighted by atomic mass is 31.1. The summed E-state index contributed by atoms with van der Waals surface area (Å²) in [7, 11) is -0.0991. The number of aryl methyl sites for hydroxylation is 1. The molecule has 2 atom stereocenters. The number of rotatable bonds is 8. The zero-order valence-electron chi connectivity index (χ0n) is 24.8. The number of allylic oxidation sites excluding steroid dienone is 5. The van der Waals surface area contributed by atoms with Gasteiger partial charge in [0.05, 0.1) is 0 Å². The number of benzene rings is 2. The summed E-state index contributed by atoms with van der Waals surface area (Å²) in [5.41, 5.74) is 9.59. The molecular formula is C35H49FNP. The van der Waals surface area contributed by atoms with Crippen LogP contribution in [0.5, 0.6) is 0 Å². The van der Waals surface area contributed by atoms with E-state index in [9.17, 15) is 4.39 Å². The lowest BCUT2D eigenvalue weighted by Gasteiger charge is -2.38. The monoisotopic (exact) mass is 533 g/mol. The smallest absolute Gasteiger partial charge is 0.123 e. The number of halogens is 1. The Kier molecular flexibility index (Phi) is 12.7. The number of hydrogen-bond donors (Lipinski definition) is 1. The van der Waals surface area contributed by atoms with Crippen LogP contribution in [0.2, 0.25) is 0 Å². The second-order valence-corrected chi connectivity index (χ2v) is 13.4. The van der Waals surface area contributed by atoms with E-state index in [1.165, 1.54) is 59.6 Å². The van der Waals surface area contributed by atoms with E-state index in [0.29, 0.717) is 11.1 Å². The molecule has 0 aromatic heterocycles. The Morgan fingerprint density at radius 3 is 2.37 bits per heavy atom. The molecule has 38 heavy (non-hydrogen) atoms. The highest BCUT2D eigenvalue weighted by Crippen LogP contribution is 2.66. The predicted octanol–water partition coefficient (Wildman–Crippen LogP) is 10.4. The fraction of sp³-hybridized carbons (Fsp3) is 0.429. The van der Waals surface area contributed by atoms with Gasteiger partial charge in [-0.2, -0.15) is 0 Å². The van der Waals surface area contributed by atoms with Gasteiger partial charge in [-0.1, -0.05) is 122 Å². The van der Waals surface area contributed by atoms with Crippen LogP contribution in [0.15, 0.2) is 90.6 Å². The summed E-state index contributed by atoms with van der Waals surface area (Å²) in [6.07, 6.45) is 10.7. The Bertz CT molecular complexity index is 1100. The summed E-state index contributed by atoms with van der Waals surface area (Å²) in [4.78, 5) is 0. The van der Waals surface area contributed by atoms with Crippen molar-refractivity contribution in [3.63, 3.8) is 0 Å². The number of hydrogen-bond acceptors (Lipinski definition) is 1. The van der Waals surface area contributed by atoms with E-state index in [4.69, 9.17) is 0 Å². The summed E-state index contributed by atoms with van der Waals surface area (Å²) in [5.74, 6) is 0.449. The van der Waals surface area contributed by atoms with E-state index in [1.807, 2.05) is 20.8 Å². The molecule has 3 heteroatoms. The normalized spacial score (nSPS) is 19.9. The van der Waals surface area contributed by atoms with Gasteiger partial charge in [-0.15, -0.1) is 0 Å². The second-order valence-electron chi connectivity index (χ2n) is 10.6. The van der Waals surface area contributed by atoms with Crippen molar-refractivity contribution >= 4 is 13.6 Å². The molecule has 1 nitrogen and oxygen atoms in total. The van der Waals surface area contributed by atoms with Crippen molar-refractivity contribution in [2.45, 2.75) is 79.0 Å². The van der Waals surface area contributed by atoms with Crippen LogP contribution in [0.1, 0.15) is 77.5 Å². The van der Waals surface area contributed by atoms with Gasteiger partial charge in [0.15, 0.2) is 0 Å². The third kappa shape index (κ3) is 8.28. The minimum absolute atomic E-state index is 0.0991. The lowest BCUT2D eigenvalue weighted by Crippen LogP contribution is -2.25. The first-order valence-electron chi connectivity index (χ1n) is 14.2. The first-order chi connectivity index (χ1) is 18.2. The molecule has 0 radical (unpaired) electrons. The zero-order chi connectivity index (χ0) is 28.3. The van der Waals surface area contributed by atoms with Crippen molar-refractivity contribution in [2.75, 3.05) is 12.7 Å². The van der Waals surface area contributed by atoms with E-state index in [1.54, 1.807) is 17.7 Å². The van der Waals surface area contributed by atoms with E-state index in [0.717, 1.165) is 24.2 Å². The van der Waals surface area contributed by atoms with E-state index < -0.39 is 0 Å². The van der Waals surface area contributed by atoms with Crippen LogP contribution < -0.4 is 5.32 Å². The molecule has 4 rings (SSSR count). The van der Waals surface area contributed by atoms with Crippen LogP contribution >= 0.6 is 7.92 Å². The molecule has 2 unspecified atom stereocenters. The van der Waals surface area contributed by atoms with Crippen LogP contribution in [0.4, 0.5) is 4.39 Å². The molecular weight excluding hydrogens is 484 g/mol. The van der Waals surface area contributed by atoms with Crippen molar-refractivity contribution in [3.8, 4) is 0 Å². The van der Waals surface area contributed by atoms with E-state index >= 15 is 0 Å². The van der Waals surface area contributed by atoms with Crippen molar-refractivity contribution in [3.05, 3.63) is 113 Å². The molecule has 1 saturated heterocycles. The van der Waals surface area contributed by atoms with Crippen molar-refractivity contribution in [1.29, 1.82) is 0 Å². The summed E-state index contributed by atoms with van der Waals surface area (Å²) in [6, 6.07) is 15.3. The van der Waals surface area contributed by atoms with Gasteiger partial charge in [-0.3, -0.25) is 0 Å². The Balaban J connectivity index is 0.000000428. The van der Waals surface area contributed by atoms with Gasteiger partial charge in [-0.05, 0) is 73.3 Å². The van der Waals surface area contributed by atoms with Crippen LogP contribution in [0.25, 0.3) is 5.70 Å². The molecule has 2 aromatic rings. The topological polar surface area (TPSA) is 12.0 Å². The van der Waals surface area contributed by atoms with Gasteiger partial charge < -0.3 is 5.32 Å². The maximum Gasteiger partial charge on any atom is 0.123 e. The molecule has 2 aliphatic rings. The summed E-state index contributed by atoms with van der Waals surface area (Å²) in [6.45, 7) is 24.6. The Morgan fingerprint density at radius 2 is 1.79 bits per heavy atom. The summed E-state index contributed by atoms with van der Waals surface area (Å²) in [5, 5.41) is 3.87. The van der Waals surface area contributed by atoms with Gasteiger partial charge in [0.25, 0.3) is 0 Å². The predicted molar refractivity (Wildman–Crippen MR) is 170 cm³/mol. The molecule has 0 amide bonds. The Labute approximate surface area is 233 Å². The van der Waals surface area contributed by atoms with Crippen molar-refractivity contribution in [2.24, 2.45) is 5.92 Å². The molecule has 206 valence electrons. The second kappa shape index (κ2) is 15.2. The van der Waals surface area contributed by atoms with Gasteiger partial charge in [0.1, 0.15) is 5.82 Å². The SMILES string of the molecule is C=CC1=C(CC)C=C2CCP(Cc3ccccc3C(=C)NCC(C)C)C2(C)C1.CC.Cc1ccc(F)cc1. The first-order valence-corrected chi connectivity index (χ1v) is 15.9. The summed E-state index contributed by atoms with van der Waals surface area (Å²) < 4.78 is 12.1. The first kappa shape index (κ1) is 31.8. The molecule has 0 spiro atoms. The molecule has 0 saturated carbocycles. The Hall–Kier alpha value is -2.44. The van der Waals surface area contributed by atoms with E-state index in [-0.39, 0.29) is 13.7 Å².